The predicted molar refractivity (Wildman–Crippen MR) is 142 cm³/mol. The van der Waals surface area contributed by atoms with Crippen molar-refractivity contribution in [2.75, 3.05) is 54.0 Å². The van der Waals surface area contributed by atoms with Crippen LogP contribution in [0.5, 0.6) is 0 Å². The summed E-state index contributed by atoms with van der Waals surface area (Å²) in [6.07, 6.45) is 0.510. The molecule has 0 radical (unpaired) electrons. The number of hydrogen-bond acceptors (Lipinski definition) is 5. The van der Waals surface area contributed by atoms with Crippen molar-refractivity contribution in [1.82, 2.24) is 0 Å². The number of nitrogens with zero attached hydrogens (tertiary/aromatic N) is 3. The molecular formula is C29H33N3O3. The van der Waals surface area contributed by atoms with Gasteiger partial charge in [0.2, 0.25) is 0 Å². The summed E-state index contributed by atoms with van der Waals surface area (Å²) in [5.41, 5.74) is 6.35. The van der Waals surface area contributed by atoms with E-state index in [1.165, 1.54) is 22.5 Å². The Kier molecular flexibility index (Phi) is 6.64. The van der Waals surface area contributed by atoms with Crippen molar-refractivity contribution >= 4 is 23.0 Å². The monoisotopic (exact) mass is 471 g/mol. The van der Waals surface area contributed by atoms with Crippen LogP contribution in [0.2, 0.25) is 0 Å². The van der Waals surface area contributed by atoms with Gasteiger partial charge in [-0.05, 0) is 73.5 Å². The lowest BCUT2D eigenvalue weighted by molar-refractivity contribution is -0.00522. The Labute approximate surface area is 207 Å². The van der Waals surface area contributed by atoms with Gasteiger partial charge in [0, 0.05) is 56.3 Å². The molecule has 5 rings (SSSR count). The Morgan fingerprint density at radius 3 is 1.43 bits per heavy atom. The molecule has 3 aromatic rings. The standard InChI is InChI=1S/C29H33N3O3/c1-21-19-32(20-22(2)35-21)28-11-5-24(6-12-28)23-3-9-26(10-4-23)30-15-17-31(18-16-30)27-13-7-25(8-14-27)29(33)34/h3-14,21-22H,15-20H2,1-2H3,(H,33,34). The average molecular weight is 472 g/mol. The number of aromatic carboxylic acids is 1. The number of benzene rings is 3. The van der Waals surface area contributed by atoms with Crippen molar-refractivity contribution in [2.24, 2.45) is 0 Å². The van der Waals surface area contributed by atoms with Gasteiger partial charge in [0.1, 0.15) is 0 Å². The fourth-order valence-electron chi connectivity index (χ4n) is 5.16. The highest BCUT2D eigenvalue weighted by Crippen LogP contribution is 2.28. The third-order valence-corrected chi connectivity index (χ3v) is 6.98. The molecule has 3 aromatic carbocycles. The van der Waals surface area contributed by atoms with Crippen LogP contribution < -0.4 is 14.7 Å². The maximum Gasteiger partial charge on any atom is 0.335 e. The van der Waals surface area contributed by atoms with E-state index in [9.17, 15) is 4.79 Å². The molecule has 0 aromatic heterocycles. The summed E-state index contributed by atoms with van der Waals surface area (Å²) in [5.74, 6) is -0.887. The molecule has 0 bridgehead atoms. The average Bonchev–Trinajstić information content (AvgIpc) is 2.88. The largest absolute Gasteiger partial charge is 0.478 e. The normalized spacial score (nSPS) is 20.7. The van der Waals surface area contributed by atoms with Crippen molar-refractivity contribution in [3.8, 4) is 11.1 Å². The van der Waals surface area contributed by atoms with E-state index in [2.05, 4.69) is 77.1 Å². The van der Waals surface area contributed by atoms with Gasteiger partial charge in [-0.1, -0.05) is 24.3 Å². The molecule has 0 amide bonds. The van der Waals surface area contributed by atoms with Crippen LogP contribution in [0, 0.1) is 0 Å². The van der Waals surface area contributed by atoms with Crippen LogP contribution in [0.4, 0.5) is 17.1 Å². The van der Waals surface area contributed by atoms with Crippen molar-refractivity contribution in [1.29, 1.82) is 0 Å². The van der Waals surface area contributed by atoms with Gasteiger partial charge in [-0.2, -0.15) is 0 Å². The van der Waals surface area contributed by atoms with Gasteiger partial charge in [0.15, 0.2) is 0 Å². The quantitative estimate of drug-likeness (QED) is 0.566. The second kappa shape index (κ2) is 10.0. The van der Waals surface area contributed by atoms with Gasteiger partial charge < -0.3 is 24.5 Å². The highest BCUT2D eigenvalue weighted by atomic mass is 16.5. The van der Waals surface area contributed by atoms with E-state index in [1.807, 2.05) is 12.1 Å². The number of anilines is 3. The first-order valence-electron chi connectivity index (χ1n) is 12.4. The Hall–Kier alpha value is -3.51. The lowest BCUT2D eigenvalue weighted by atomic mass is 10.0. The number of carboxylic acid groups (broad SMARTS) is 1. The first-order chi connectivity index (χ1) is 17.0. The summed E-state index contributed by atoms with van der Waals surface area (Å²) in [4.78, 5) is 18.2. The maximum atomic E-state index is 11.1. The summed E-state index contributed by atoms with van der Waals surface area (Å²) < 4.78 is 5.86. The van der Waals surface area contributed by atoms with Crippen LogP contribution in [0.25, 0.3) is 11.1 Å². The first kappa shape index (κ1) is 23.2. The molecule has 2 unspecified atom stereocenters. The van der Waals surface area contributed by atoms with Crippen molar-refractivity contribution in [3.05, 3.63) is 78.4 Å². The highest BCUT2D eigenvalue weighted by Gasteiger charge is 2.22. The molecule has 35 heavy (non-hydrogen) atoms. The number of carboxylic acids is 1. The molecule has 6 heteroatoms. The molecule has 2 saturated heterocycles. The van der Waals surface area contributed by atoms with Crippen molar-refractivity contribution < 1.29 is 14.6 Å². The minimum Gasteiger partial charge on any atom is -0.478 e. The third kappa shape index (κ3) is 5.28. The molecule has 0 saturated carbocycles. The number of rotatable bonds is 5. The molecule has 2 fully saturated rings. The van der Waals surface area contributed by atoms with Crippen molar-refractivity contribution in [2.45, 2.75) is 26.1 Å². The summed E-state index contributed by atoms with van der Waals surface area (Å²) >= 11 is 0. The fourth-order valence-corrected chi connectivity index (χ4v) is 5.16. The first-order valence-corrected chi connectivity index (χ1v) is 12.4. The van der Waals surface area contributed by atoms with Gasteiger partial charge in [0.25, 0.3) is 0 Å². The minimum absolute atomic E-state index is 0.255. The van der Waals surface area contributed by atoms with E-state index in [0.29, 0.717) is 5.56 Å². The molecule has 2 aliphatic rings. The number of piperazine rings is 1. The molecule has 0 aliphatic carbocycles. The second-order valence-electron chi connectivity index (χ2n) is 9.58. The molecule has 1 N–H and O–H groups in total. The number of carbonyl (C=O) groups is 1. The fraction of sp³-hybridized carbons (Fsp3) is 0.345. The topological polar surface area (TPSA) is 56.2 Å². The zero-order valence-corrected chi connectivity index (χ0v) is 20.4. The summed E-state index contributed by atoms with van der Waals surface area (Å²) in [7, 11) is 0. The summed E-state index contributed by atoms with van der Waals surface area (Å²) in [6, 6.07) is 24.9. The number of morpholine rings is 1. The Morgan fingerprint density at radius 1 is 0.657 bits per heavy atom. The van der Waals surface area contributed by atoms with E-state index in [-0.39, 0.29) is 12.2 Å². The summed E-state index contributed by atoms with van der Waals surface area (Å²) in [5, 5.41) is 9.10. The van der Waals surface area contributed by atoms with Gasteiger partial charge in [-0.3, -0.25) is 0 Å². The van der Waals surface area contributed by atoms with E-state index in [1.54, 1.807) is 12.1 Å². The van der Waals surface area contributed by atoms with Gasteiger partial charge in [-0.25, -0.2) is 4.79 Å². The Morgan fingerprint density at radius 2 is 1.03 bits per heavy atom. The molecule has 2 heterocycles. The Balaban J connectivity index is 1.19. The molecule has 2 aliphatic heterocycles. The van der Waals surface area contributed by atoms with Crippen LogP contribution in [-0.2, 0) is 4.74 Å². The Bertz CT molecular complexity index is 1130. The maximum absolute atomic E-state index is 11.1. The zero-order valence-electron chi connectivity index (χ0n) is 20.4. The van der Waals surface area contributed by atoms with E-state index in [0.717, 1.165) is 45.0 Å². The van der Waals surface area contributed by atoms with Gasteiger partial charge >= 0.3 is 5.97 Å². The number of hydrogen-bond donors (Lipinski definition) is 1. The van der Waals surface area contributed by atoms with Crippen LogP contribution in [0.1, 0.15) is 24.2 Å². The van der Waals surface area contributed by atoms with Crippen LogP contribution in [0.15, 0.2) is 72.8 Å². The molecule has 2 atom stereocenters. The number of ether oxygens (including phenoxy) is 1. The third-order valence-electron chi connectivity index (χ3n) is 6.98. The van der Waals surface area contributed by atoms with Crippen LogP contribution in [-0.4, -0.2) is 62.6 Å². The van der Waals surface area contributed by atoms with Gasteiger partial charge in [0.05, 0.1) is 17.8 Å². The van der Waals surface area contributed by atoms with E-state index >= 15 is 0 Å². The second-order valence-corrected chi connectivity index (χ2v) is 9.58. The lowest BCUT2D eigenvalue weighted by Crippen LogP contribution is -2.46. The lowest BCUT2D eigenvalue weighted by Gasteiger charge is -2.37. The minimum atomic E-state index is -0.887. The molecule has 182 valence electrons. The zero-order chi connectivity index (χ0) is 24.4. The van der Waals surface area contributed by atoms with Crippen LogP contribution in [0.3, 0.4) is 0 Å². The molecule has 0 spiro atoms. The highest BCUT2D eigenvalue weighted by molar-refractivity contribution is 5.88. The smallest absolute Gasteiger partial charge is 0.335 e. The van der Waals surface area contributed by atoms with Gasteiger partial charge in [-0.15, -0.1) is 0 Å². The predicted octanol–water partition coefficient (Wildman–Crippen LogP) is 4.99. The molecular weight excluding hydrogens is 438 g/mol. The van der Waals surface area contributed by atoms with Crippen molar-refractivity contribution in [3.63, 3.8) is 0 Å². The SMILES string of the molecule is CC1CN(c2ccc(-c3ccc(N4CCN(c5ccc(C(=O)O)cc5)CC4)cc3)cc2)CC(C)O1. The van der Waals surface area contributed by atoms with E-state index in [4.69, 9.17) is 9.84 Å². The van der Waals surface area contributed by atoms with Crippen LogP contribution >= 0.6 is 0 Å². The molecule has 6 nitrogen and oxygen atoms in total. The summed E-state index contributed by atoms with van der Waals surface area (Å²) in [6.45, 7) is 9.82. The van der Waals surface area contributed by atoms with E-state index < -0.39 is 5.97 Å².